The maximum atomic E-state index is 13.0. The average Bonchev–Trinajstić information content (AvgIpc) is 2.65. The van der Waals surface area contributed by atoms with E-state index in [9.17, 15) is 19.1 Å². The van der Waals surface area contributed by atoms with E-state index in [-0.39, 0.29) is 6.42 Å². The molecule has 0 saturated carbocycles. The maximum Gasteiger partial charge on any atom is 0.330 e. The van der Waals surface area contributed by atoms with Crippen molar-refractivity contribution in [2.75, 3.05) is 6.61 Å². The molecular weight excluding hydrogens is 235 g/mol. The first-order valence-corrected chi connectivity index (χ1v) is 4.98. The zero-order valence-corrected chi connectivity index (χ0v) is 8.67. The molecule has 1 aliphatic heterocycles. The Morgan fingerprint density at radius 1 is 1.59 bits per heavy atom. The van der Waals surface area contributed by atoms with Crippen molar-refractivity contribution in [3.63, 3.8) is 0 Å². The maximum absolute atomic E-state index is 13.0. The van der Waals surface area contributed by atoms with Crippen molar-refractivity contribution < 1.29 is 19.3 Å². The molecule has 0 amide bonds. The zero-order valence-electron chi connectivity index (χ0n) is 8.67. The van der Waals surface area contributed by atoms with Gasteiger partial charge in [0.1, 0.15) is 12.3 Å². The summed E-state index contributed by atoms with van der Waals surface area (Å²) in [7, 11) is 0. The molecule has 3 N–H and O–H groups in total. The number of nitrogens with one attached hydrogen (secondary N) is 1. The van der Waals surface area contributed by atoms with Gasteiger partial charge >= 0.3 is 5.69 Å². The van der Waals surface area contributed by atoms with Crippen molar-refractivity contribution in [2.24, 2.45) is 0 Å². The van der Waals surface area contributed by atoms with E-state index in [0.29, 0.717) is 0 Å². The quantitative estimate of drug-likeness (QED) is 0.578. The number of halogens is 1. The first kappa shape index (κ1) is 12.0. The van der Waals surface area contributed by atoms with Gasteiger partial charge in [0, 0.05) is 6.42 Å². The van der Waals surface area contributed by atoms with Crippen LogP contribution < -0.4 is 11.2 Å². The summed E-state index contributed by atoms with van der Waals surface area (Å²) in [6, 6.07) is 0. The van der Waals surface area contributed by atoms with Crippen molar-refractivity contribution in [2.45, 2.75) is 24.9 Å². The van der Waals surface area contributed by atoms with Gasteiger partial charge in [-0.05, 0) is 0 Å². The minimum atomic E-state index is -1.12. The van der Waals surface area contributed by atoms with Crippen LogP contribution in [0.5, 0.6) is 0 Å². The number of aliphatic hydroxyl groups excluding tert-OH is 2. The van der Waals surface area contributed by atoms with E-state index < -0.39 is 42.1 Å². The molecule has 0 bridgehead atoms. The molecule has 0 aromatic carbocycles. The van der Waals surface area contributed by atoms with Gasteiger partial charge in [-0.1, -0.05) is 0 Å². The molecular formula is C9H11FN2O5. The summed E-state index contributed by atoms with van der Waals surface area (Å²) in [6.45, 7) is -0.405. The number of aliphatic hydroxyl groups is 2. The number of aromatic nitrogens is 2. The molecule has 1 aromatic rings. The van der Waals surface area contributed by atoms with E-state index >= 15 is 0 Å². The summed E-state index contributed by atoms with van der Waals surface area (Å²) in [6.07, 6.45) is -1.90. The van der Waals surface area contributed by atoms with Crippen molar-refractivity contribution >= 4 is 0 Å². The van der Waals surface area contributed by atoms with Gasteiger partial charge in [0.25, 0.3) is 5.56 Å². The van der Waals surface area contributed by atoms with Crippen molar-refractivity contribution in [3.8, 4) is 0 Å². The van der Waals surface area contributed by atoms with Gasteiger partial charge in [0.15, 0.2) is 0 Å². The zero-order chi connectivity index (χ0) is 12.6. The van der Waals surface area contributed by atoms with E-state index in [1.54, 1.807) is 4.98 Å². The summed E-state index contributed by atoms with van der Waals surface area (Å²) in [5.74, 6) is -1.12. The van der Waals surface area contributed by atoms with Crippen LogP contribution in [0.4, 0.5) is 4.39 Å². The number of aromatic amines is 1. The molecule has 1 aromatic heterocycles. The van der Waals surface area contributed by atoms with E-state index in [0.717, 1.165) is 10.8 Å². The van der Waals surface area contributed by atoms with Crippen LogP contribution in [0.2, 0.25) is 0 Å². The van der Waals surface area contributed by atoms with E-state index in [2.05, 4.69) is 0 Å². The monoisotopic (exact) mass is 246 g/mol. The molecule has 7 nitrogen and oxygen atoms in total. The lowest BCUT2D eigenvalue weighted by Gasteiger charge is -2.13. The van der Waals surface area contributed by atoms with E-state index in [4.69, 9.17) is 9.84 Å². The normalized spacial score (nSPS) is 28.5. The first-order valence-electron chi connectivity index (χ1n) is 4.98. The predicted octanol–water partition coefficient (Wildman–Crippen LogP) is -1.68. The van der Waals surface area contributed by atoms with Gasteiger partial charge in [0.05, 0.1) is 18.9 Å². The molecule has 2 heterocycles. The van der Waals surface area contributed by atoms with E-state index in [1.165, 1.54) is 0 Å². The third-order valence-electron chi connectivity index (χ3n) is 2.62. The van der Waals surface area contributed by atoms with Gasteiger partial charge in [-0.25, -0.2) is 4.79 Å². The van der Waals surface area contributed by atoms with Crippen LogP contribution in [0, 0.1) is 5.82 Å². The number of rotatable bonds is 2. The average molecular weight is 246 g/mol. The highest BCUT2D eigenvalue weighted by atomic mass is 19.1. The number of H-pyrrole nitrogens is 1. The fourth-order valence-electron chi connectivity index (χ4n) is 1.72. The van der Waals surface area contributed by atoms with Gasteiger partial charge in [-0.2, -0.15) is 4.39 Å². The fourth-order valence-corrected chi connectivity index (χ4v) is 1.72. The summed E-state index contributed by atoms with van der Waals surface area (Å²) in [5, 5.41) is 18.3. The standard InChI is InChI=1S/C9H11FN2O5/c10-4-2-12(9(16)11-8(4)15)7-1-5(14)6(3-13)17-7/h2,5-7,13-14H,1,3H2,(H,11,15,16)/t5-,6-,7?/m1/s1. The predicted molar refractivity (Wildman–Crippen MR) is 52.9 cm³/mol. The molecule has 1 unspecified atom stereocenters. The summed E-state index contributed by atoms with van der Waals surface area (Å²) in [5.41, 5.74) is -1.93. The second-order valence-corrected chi connectivity index (χ2v) is 3.76. The second kappa shape index (κ2) is 4.40. The van der Waals surface area contributed by atoms with Crippen LogP contribution >= 0.6 is 0 Å². The summed E-state index contributed by atoms with van der Waals surface area (Å²) < 4.78 is 19.0. The lowest BCUT2D eigenvalue weighted by molar-refractivity contribution is -0.0462. The molecule has 1 saturated heterocycles. The third-order valence-corrected chi connectivity index (χ3v) is 2.62. The van der Waals surface area contributed by atoms with Gasteiger partial charge in [0.2, 0.25) is 5.82 Å². The SMILES string of the molecule is O=c1[nH]c(=O)n(C2C[C@@H](O)[C@@H](CO)O2)cc1F. The smallest absolute Gasteiger partial charge is 0.330 e. The molecule has 17 heavy (non-hydrogen) atoms. The summed E-state index contributed by atoms with van der Waals surface area (Å²) >= 11 is 0. The van der Waals surface area contributed by atoms with Crippen molar-refractivity contribution in [1.29, 1.82) is 0 Å². The molecule has 8 heteroatoms. The van der Waals surface area contributed by atoms with Crippen LogP contribution in [0.3, 0.4) is 0 Å². The number of ether oxygens (including phenoxy) is 1. The molecule has 94 valence electrons. The van der Waals surface area contributed by atoms with Crippen molar-refractivity contribution in [3.05, 3.63) is 32.9 Å². The molecule has 3 atom stereocenters. The van der Waals surface area contributed by atoms with Crippen LogP contribution in [0.1, 0.15) is 12.6 Å². The Morgan fingerprint density at radius 2 is 2.29 bits per heavy atom. The van der Waals surface area contributed by atoms with Crippen LogP contribution in [-0.2, 0) is 4.74 Å². The molecule has 2 rings (SSSR count). The number of hydrogen-bond donors (Lipinski definition) is 3. The number of nitrogens with zero attached hydrogens (tertiary/aromatic N) is 1. The Balaban J connectivity index is 2.34. The van der Waals surface area contributed by atoms with Gasteiger partial charge < -0.3 is 14.9 Å². The van der Waals surface area contributed by atoms with E-state index in [1.807, 2.05) is 0 Å². The molecule has 1 aliphatic rings. The highest BCUT2D eigenvalue weighted by Gasteiger charge is 2.35. The Bertz CT molecular complexity index is 525. The van der Waals surface area contributed by atoms with Gasteiger partial charge in [-0.15, -0.1) is 0 Å². The molecule has 0 radical (unpaired) electrons. The van der Waals surface area contributed by atoms with Crippen LogP contribution in [-0.4, -0.2) is 38.6 Å². The largest absolute Gasteiger partial charge is 0.394 e. The Kier molecular flexibility index (Phi) is 3.09. The molecule has 0 aliphatic carbocycles. The van der Waals surface area contributed by atoms with Crippen molar-refractivity contribution in [1.82, 2.24) is 9.55 Å². The highest BCUT2D eigenvalue weighted by Crippen LogP contribution is 2.26. The lowest BCUT2D eigenvalue weighted by Crippen LogP contribution is -2.34. The van der Waals surface area contributed by atoms with Crippen LogP contribution in [0.25, 0.3) is 0 Å². The molecule has 0 spiro atoms. The lowest BCUT2D eigenvalue weighted by atomic mass is 10.2. The second-order valence-electron chi connectivity index (χ2n) is 3.76. The fraction of sp³-hybridized carbons (Fsp3) is 0.556. The Morgan fingerprint density at radius 3 is 2.88 bits per heavy atom. The first-order chi connectivity index (χ1) is 8.02. The Hall–Kier alpha value is -1.51. The minimum absolute atomic E-state index is 0.0383. The molecule has 1 fully saturated rings. The topological polar surface area (TPSA) is 105 Å². The third kappa shape index (κ3) is 2.14. The minimum Gasteiger partial charge on any atom is -0.394 e. The van der Waals surface area contributed by atoms with Gasteiger partial charge in [-0.3, -0.25) is 14.3 Å². The Labute approximate surface area is 94.1 Å². The highest BCUT2D eigenvalue weighted by molar-refractivity contribution is 4.90. The summed E-state index contributed by atoms with van der Waals surface area (Å²) in [4.78, 5) is 24.0. The van der Waals surface area contributed by atoms with Crippen LogP contribution in [0.15, 0.2) is 15.8 Å². The number of hydrogen-bond acceptors (Lipinski definition) is 5.